The van der Waals surface area contributed by atoms with Crippen molar-refractivity contribution >= 4 is 56.6 Å². The summed E-state index contributed by atoms with van der Waals surface area (Å²) < 4.78 is 203. The van der Waals surface area contributed by atoms with Gasteiger partial charge in [0.25, 0.3) is 20.0 Å². The van der Waals surface area contributed by atoms with Gasteiger partial charge >= 0.3 is 31.1 Å². The zero-order valence-electron chi connectivity index (χ0n) is 80.5. The zero-order chi connectivity index (χ0) is 99.1. The van der Waals surface area contributed by atoms with Gasteiger partial charge in [0.2, 0.25) is 16.1 Å². The van der Waals surface area contributed by atoms with Gasteiger partial charge < -0.3 is 50.4 Å². The van der Waals surface area contributed by atoms with Gasteiger partial charge in [-0.05, 0) is 329 Å². The van der Waals surface area contributed by atoms with Crippen LogP contribution in [0, 0.1) is 194 Å². The van der Waals surface area contributed by atoms with Crippen LogP contribution in [0.4, 0.5) is 49.1 Å². The predicted molar refractivity (Wildman–Crippen MR) is 491 cm³/mol. The number of nitrogens with two attached hydrogens (primary N) is 1. The van der Waals surface area contributed by atoms with Crippen LogP contribution in [-0.4, -0.2) is 148 Å². The Hall–Kier alpha value is -4.92. The van der Waals surface area contributed by atoms with E-state index >= 15 is 0 Å². The molecular formula is C98H148BF9N6O17S3U. The van der Waals surface area contributed by atoms with E-state index < -0.39 is 105 Å². The van der Waals surface area contributed by atoms with E-state index in [4.69, 9.17) is 6.47 Å². The molecule has 12 aliphatic carbocycles. The summed E-state index contributed by atoms with van der Waals surface area (Å²) >= 11 is 0. The second-order valence-electron chi connectivity index (χ2n) is 43.4. The first kappa shape index (κ1) is 112. The Balaban J connectivity index is 0.000000212. The minimum atomic E-state index is -4.98. The number of nitrogens with one attached hydrogen (secondary N) is 4. The monoisotopic (exact) mass is 2200 g/mol. The van der Waals surface area contributed by atoms with Crippen molar-refractivity contribution in [3.63, 3.8) is 0 Å². The molecule has 760 valence electrons. The number of ether oxygens (including phenoxy) is 3. The van der Waals surface area contributed by atoms with Crippen LogP contribution < -0.4 is 39.4 Å². The molecule has 135 heavy (non-hydrogen) atoms. The first-order valence-electron chi connectivity index (χ1n) is 48.7. The number of nitrogens with zero attached hydrogens (tertiary/aromatic N) is 1. The van der Waals surface area contributed by atoms with Gasteiger partial charge in [-0.1, -0.05) is 141 Å². The number of sulfonamides is 3. The van der Waals surface area contributed by atoms with Gasteiger partial charge in [0.1, 0.15) is 17.2 Å². The fraction of sp³-hybridized carbons (Fsp3) is 0.786. The van der Waals surface area contributed by atoms with Crippen molar-refractivity contribution in [2.24, 2.45) is 173 Å². The largest absolute Gasteiger partial charge is 0.573 e. The summed E-state index contributed by atoms with van der Waals surface area (Å²) in [4.78, 5) is 38.4. The predicted octanol–water partition coefficient (Wildman–Crippen LogP) is 18.8. The van der Waals surface area contributed by atoms with E-state index in [1.807, 2.05) is 9.44 Å². The number of urea groups is 2. The maximum absolute atomic E-state index is 12.7. The number of aliphatic hydroxyl groups is 5. The first-order chi connectivity index (χ1) is 62.5. The molecule has 23 nitrogen and oxygen atoms in total. The van der Waals surface area contributed by atoms with Crippen LogP contribution >= 0.6 is 0 Å². The molecule has 0 spiro atoms. The van der Waals surface area contributed by atoms with Crippen molar-refractivity contribution in [1.29, 1.82) is 1.34 Å². The molecule has 12 fully saturated rings. The first-order valence-corrected chi connectivity index (χ1v) is 52.6. The zero-order valence-corrected chi connectivity index (χ0v) is 86.1. The summed E-state index contributed by atoms with van der Waals surface area (Å²) in [6.07, 6.45) is 10.6. The summed E-state index contributed by atoms with van der Waals surface area (Å²) in [7, 11) is -9.15. The second kappa shape index (κ2) is 43.7. The molecule has 0 aromatic heterocycles. The fourth-order valence-corrected chi connectivity index (χ4v) is 33.6. The van der Waals surface area contributed by atoms with Crippen LogP contribution in [0.3, 0.4) is 0 Å². The number of primary sulfonamides is 1. The summed E-state index contributed by atoms with van der Waals surface area (Å²) in [5.41, 5.74) is 0.880. The average Bonchev–Trinajstić information content (AvgIpc) is 1.49. The smallest absolute Gasteiger partial charge is 0.406 e. The number of benzene rings is 3. The molecule has 0 saturated heterocycles. The van der Waals surface area contributed by atoms with E-state index in [9.17, 15) is 105 Å². The van der Waals surface area contributed by atoms with Crippen LogP contribution in [-0.2, 0) is 34.9 Å². The summed E-state index contributed by atoms with van der Waals surface area (Å²) in [6.45, 7) is 31.1. The number of isocyanates is 1. The van der Waals surface area contributed by atoms with Crippen molar-refractivity contribution in [3.05, 3.63) is 72.8 Å². The quantitative estimate of drug-likeness (QED) is 0.0217. The number of halogens is 9. The number of carbonyl (C=O) groups is 2. The Morgan fingerprint density at radius 3 is 1.07 bits per heavy atom. The number of hydrogen-bond donors (Lipinski definition) is 10. The second-order valence-corrected chi connectivity index (χ2v) is 48.4. The van der Waals surface area contributed by atoms with Gasteiger partial charge in [-0.2, -0.15) is 0 Å². The van der Waals surface area contributed by atoms with E-state index in [1.165, 1.54) is 44.9 Å². The summed E-state index contributed by atoms with van der Waals surface area (Å²) in [6, 6.07) is 9.68. The van der Waals surface area contributed by atoms with E-state index in [2.05, 4.69) is 128 Å². The third-order valence-electron chi connectivity index (χ3n) is 36.9. The van der Waals surface area contributed by atoms with Crippen LogP contribution in [0.5, 0.6) is 17.2 Å². The van der Waals surface area contributed by atoms with Crippen LogP contribution in [0.2, 0.25) is 0 Å². The fourth-order valence-electron chi connectivity index (χ4n) is 31.1. The van der Waals surface area contributed by atoms with Gasteiger partial charge in [-0.15, -0.1) is 39.5 Å². The molecule has 0 unspecified atom stereocenters. The summed E-state index contributed by atoms with van der Waals surface area (Å²) in [5, 5.41) is 66.6. The third kappa shape index (κ3) is 23.9. The topological polar surface area (TPSA) is 369 Å². The normalized spacial score (nSPS) is 38.4. The maximum Gasteiger partial charge on any atom is 0.573 e. The number of rotatable bonds is 20. The molecule has 2 radical (unpaired) electrons. The Kier molecular flexibility index (Phi) is 36.3. The molecule has 12 saturated carbocycles. The van der Waals surface area contributed by atoms with Gasteiger partial charge in [0.05, 0.1) is 51.8 Å². The van der Waals surface area contributed by atoms with Crippen molar-refractivity contribution in [3.8, 4) is 17.2 Å². The number of carbonyl (C=O) groups excluding carboxylic acids is 3. The third-order valence-corrected chi connectivity index (χ3v) is 40.4. The standard InChI is InChI=1S/2C32H47F3N2O6S.C26H43NO2.C7H6F3NO3S.CH4.BH.U/c2*1-5-22-26-15-19(38)11-13-31(26,4)25-12-14-30(3)23(9-10-24(30)27(25)28(22)39)18(2)17-36-29(40)37-44(41,42)21-8-6-7-20(16-21)43-32(33,34)35;1-6-18-22-13-16(2)9-11-26(22,5)21-10-12-25(4)19(17(3)14-27-15-28)7-8-20(25)23(21)24(18)29;8-7(9,10)14-5-2-1-3-6(4-5)15(11,12)13;;;/h2*6-8,16,18-19,22-28,38-39H,5,9-15,17H2,1-4H3,(H2,36,37,40);16-24,29H,6-14H2,1-5H3;1-4H,(H2,11,12,13);1H4;1H;/t2*18-,19-,22-,23-,24+,25+,26+,27+,28-,30-,31-;16-,17-,18-,19-,20+,21+,22+,23+,24-,25-,26-;;;;/m111..../s1/i;;;;;1D;. The number of aliphatic imine (C=N–C) groups is 1. The molecule has 15 rings (SSSR count). The SMILES string of the molecule is C.CC[C@H]1[C@@H](O)[C@@H]2[C@H](CC[C@]3(C)[C@@H]([C@H](C)CN=C=O)CC[C@@H]23)[C@@]2(C)CC[C@@H](C)C[C@@H]12.CC[C@H]1[C@@H](O)[C@@H]2[C@H](CC[C@]3(C)[C@@H]([C@H](C)CNC(=O)NS(=O)(=O)c4cccc(OC(F)(F)F)c4)CC[C@@H]23)[C@@]2(C)CC[C@@H](O)C[C@@H]12.CC[C@H]1[C@@H](O)[C@@H]2[C@H](CC[C@]3(C)[C@@H]([C@H](C)CNC(=O)NS(=O)(=O)c4cccc(OC(F)(F)F)c4)CC[C@@H]23)[C@@]2(C)CC[C@@H](O)C[C@@H]12.NS(=O)(=O)c1cccc(OC(F)(F)F)c1.[2H][B].[U]. The van der Waals surface area contributed by atoms with Gasteiger partial charge in [0.15, 0.2) is 0 Å². The minimum absolute atomic E-state index is 0. The molecule has 33 atom stereocenters. The molecule has 11 N–H and O–H groups in total. The van der Waals surface area contributed by atoms with Gasteiger partial charge in [0, 0.05) is 70.8 Å². The molecule has 3 aromatic rings. The van der Waals surface area contributed by atoms with Crippen molar-refractivity contribution in [2.45, 2.75) is 316 Å². The minimum Gasteiger partial charge on any atom is -0.406 e. The average molecular weight is 2200 g/mol. The number of aliphatic hydroxyl groups excluding tert-OH is 5. The molecular weight excluding hydrogens is 2050 g/mol. The van der Waals surface area contributed by atoms with Crippen LogP contribution in [0.1, 0.15) is 252 Å². The van der Waals surface area contributed by atoms with Crippen molar-refractivity contribution in [1.82, 2.24) is 20.1 Å². The maximum atomic E-state index is 12.7. The van der Waals surface area contributed by atoms with Crippen molar-refractivity contribution in [2.75, 3.05) is 19.6 Å². The number of alkyl halides is 9. The van der Waals surface area contributed by atoms with E-state index in [-0.39, 0.29) is 139 Å². The van der Waals surface area contributed by atoms with Gasteiger partial charge in [-0.25, -0.2) is 59.2 Å². The Morgan fingerprint density at radius 2 is 0.756 bits per heavy atom. The number of amides is 4. The molecule has 0 bridgehead atoms. The summed E-state index contributed by atoms with van der Waals surface area (Å²) in [5.74, 6) is 6.35. The molecule has 0 heterocycles. The van der Waals surface area contributed by atoms with Crippen LogP contribution in [0.15, 0.2) is 92.5 Å². The van der Waals surface area contributed by atoms with Gasteiger partial charge in [-0.3, -0.25) is 0 Å². The molecule has 37 heteroatoms. The van der Waals surface area contributed by atoms with Crippen molar-refractivity contribution < 1.29 is 150 Å². The molecule has 4 amide bonds. The molecule has 12 aliphatic rings. The Bertz CT molecular complexity index is 4750. The molecule has 0 aliphatic heterocycles. The van der Waals surface area contributed by atoms with E-state index in [1.54, 1.807) is 6.08 Å². The van der Waals surface area contributed by atoms with E-state index in [0.29, 0.717) is 113 Å². The Morgan fingerprint density at radius 1 is 0.467 bits per heavy atom. The number of fused-ring (bicyclic) bond motifs is 15. The molecule has 3 aromatic carbocycles. The Labute approximate surface area is 820 Å². The van der Waals surface area contributed by atoms with Crippen LogP contribution in [0.25, 0.3) is 0 Å². The van der Waals surface area contributed by atoms with E-state index in [0.717, 1.165) is 170 Å². The number of hydrogen-bond acceptors (Lipinski definition) is 18.